The lowest BCUT2D eigenvalue weighted by Crippen LogP contribution is -2.09. The summed E-state index contributed by atoms with van der Waals surface area (Å²) in [6.45, 7) is 6.19. The number of hydrogen-bond donors (Lipinski definition) is 0. The van der Waals surface area contributed by atoms with Crippen LogP contribution in [-0.4, -0.2) is 12.6 Å². The van der Waals surface area contributed by atoms with Crippen molar-refractivity contribution in [1.82, 2.24) is 0 Å². The largest absolute Gasteiger partial charge is 0.462 e. The second-order valence-electron chi connectivity index (χ2n) is 4.67. The molecule has 0 aromatic heterocycles. The Hall–Kier alpha value is -2.13. The lowest BCUT2D eigenvalue weighted by molar-refractivity contribution is -0.137. The molecule has 0 aliphatic carbocycles. The van der Waals surface area contributed by atoms with Crippen molar-refractivity contribution in [2.75, 3.05) is 6.61 Å². The third kappa shape index (κ3) is 4.18. The van der Waals surface area contributed by atoms with Gasteiger partial charge in [-0.1, -0.05) is 65.0 Å². The number of carbonyl (C=O) groups is 1. The van der Waals surface area contributed by atoms with Gasteiger partial charge in [0.05, 0.1) is 12.2 Å². The molecule has 0 heterocycles. The monoisotopic (exact) mass is 356 g/mol. The number of benzene rings is 2. The van der Waals surface area contributed by atoms with Crippen LogP contribution >= 0.6 is 15.9 Å². The molecule has 2 aromatic carbocycles. The molecule has 0 aliphatic rings. The zero-order chi connectivity index (χ0) is 15.9. The van der Waals surface area contributed by atoms with E-state index in [4.69, 9.17) is 4.74 Å². The van der Waals surface area contributed by atoms with Crippen LogP contribution in [-0.2, 0) is 9.53 Å². The van der Waals surface area contributed by atoms with E-state index in [1.165, 1.54) is 0 Å². The zero-order valence-corrected chi connectivity index (χ0v) is 14.0. The van der Waals surface area contributed by atoms with Crippen LogP contribution in [0.25, 0.3) is 11.6 Å². The molecule has 3 heteroatoms. The van der Waals surface area contributed by atoms with Crippen molar-refractivity contribution in [2.45, 2.75) is 6.92 Å². The summed E-state index contributed by atoms with van der Waals surface area (Å²) in [5.41, 5.74) is 2.94. The van der Waals surface area contributed by atoms with E-state index in [-0.39, 0.29) is 5.97 Å². The van der Waals surface area contributed by atoms with Crippen molar-refractivity contribution in [3.8, 4) is 0 Å². The van der Waals surface area contributed by atoms with Crippen molar-refractivity contribution in [1.29, 1.82) is 0 Å². The molecular weight excluding hydrogens is 340 g/mol. The van der Waals surface area contributed by atoms with E-state index in [9.17, 15) is 4.79 Å². The average Bonchev–Trinajstić information content (AvgIpc) is 2.54. The summed E-state index contributed by atoms with van der Waals surface area (Å²) in [6, 6.07) is 17.4. The molecule has 0 spiro atoms. The molecule has 0 saturated heterocycles. The minimum Gasteiger partial charge on any atom is -0.462 e. The van der Waals surface area contributed by atoms with Crippen LogP contribution < -0.4 is 0 Å². The Morgan fingerprint density at radius 2 is 1.77 bits per heavy atom. The average molecular weight is 357 g/mol. The number of halogens is 1. The topological polar surface area (TPSA) is 26.3 Å². The van der Waals surface area contributed by atoms with Crippen molar-refractivity contribution in [2.24, 2.45) is 0 Å². The Kier molecular flexibility index (Phi) is 5.73. The van der Waals surface area contributed by atoms with Gasteiger partial charge in [0.25, 0.3) is 0 Å². The van der Waals surface area contributed by atoms with Gasteiger partial charge in [-0.15, -0.1) is 0 Å². The van der Waals surface area contributed by atoms with Crippen molar-refractivity contribution < 1.29 is 9.53 Å². The summed E-state index contributed by atoms with van der Waals surface area (Å²) in [6.07, 6.45) is 1.81. The molecule has 0 amide bonds. The Morgan fingerprint density at radius 3 is 2.36 bits per heavy atom. The molecule has 0 unspecified atom stereocenters. The molecule has 112 valence electrons. The molecule has 0 fully saturated rings. The molecule has 2 aromatic rings. The van der Waals surface area contributed by atoms with Crippen LogP contribution in [0.4, 0.5) is 0 Å². The van der Waals surface area contributed by atoms with E-state index < -0.39 is 0 Å². The number of ether oxygens (including phenoxy) is 1. The van der Waals surface area contributed by atoms with E-state index in [0.717, 1.165) is 15.6 Å². The molecule has 0 saturated carbocycles. The maximum atomic E-state index is 12.3. The second kappa shape index (κ2) is 7.76. The van der Waals surface area contributed by atoms with Gasteiger partial charge < -0.3 is 4.74 Å². The fourth-order valence-corrected chi connectivity index (χ4v) is 2.26. The highest BCUT2D eigenvalue weighted by atomic mass is 79.9. The lowest BCUT2D eigenvalue weighted by atomic mass is 9.97. The maximum absolute atomic E-state index is 12.3. The number of esters is 1. The minimum atomic E-state index is -0.362. The van der Waals surface area contributed by atoms with Gasteiger partial charge in [0.1, 0.15) is 0 Å². The van der Waals surface area contributed by atoms with Crippen molar-refractivity contribution in [3.05, 3.63) is 82.3 Å². The quantitative estimate of drug-likeness (QED) is 0.422. The molecule has 0 bridgehead atoms. The van der Waals surface area contributed by atoms with Gasteiger partial charge in [-0.25, -0.2) is 4.79 Å². The standard InChI is InChI=1S/C19H17BrO2/c1-3-22-19(21)18(13-15-7-5-4-6-8-15)14(2)16-9-11-17(20)12-10-16/h4-13H,2-3H2,1H3/b18-13-. The first-order valence-corrected chi connectivity index (χ1v) is 7.80. The Bertz CT molecular complexity index is 685. The van der Waals surface area contributed by atoms with E-state index in [1.54, 1.807) is 6.92 Å². The van der Waals surface area contributed by atoms with Crippen LogP contribution in [0.1, 0.15) is 18.1 Å². The smallest absolute Gasteiger partial charge is 0.338 e. The third-order valence-electron chi connectivity index (χ3n) is 3.12. The maximum Gasteiger partial charge on any atom is 0.338 e. The van der Waals surface area contributed by atoms with Gasteiger partial charge in [0.15, 0.2) is 0 Å². The zero-order valence-electron chi connectivity index (χ0n) is 12.4. The van der Waals surface area contributed by atoms with Crippen LogP contribution in [0.15, 0.2) is 71.2 Å². The second-order valence-corrected chi connectivity index (χ2v) is 5.59. The van der Waals surface area contributed by atoms with E-state index in [0.29, 0.717) is 17.8 Å². The Balaban J connectivity index is 2.40. The highest BCUT2D eigenvalue weighted by Crippen LogP contribution is 2.26. The van der Waals surface area contributed by atoms with Crippen LogP contribution in [0.5, 0.6) is 0 Å². The molecule has 22 heavy (non-hydrogen) atoms. The van der Waals surface area contributed by atoms with Gasteiger partial charge in [-0.3, -0.25) is 0 Å². The number of rotatable bonds is 5. The SMILES string of the molecule is C=C(/C(=C/c1ccccc1)C(=O)OCC)c1ccc(Br)cc1. The van der Waals surface area contributed by atoms with Gasteiger partial charge in [-0.05, 0) is 41.8 Å². The molecule has 0 atom stereocenters. The summed E-state index contributed by atoms with van der Waals surface area (Å²) in [5.74, 6) is -0.362. The summed E-state index contributed by atoms with van der Waals surface area (Å²) in [4.78, 5) is 12.3. The first kappa shape index (κ1) is 16.2. The predicted molar refractivity (Wildman–Crippen MR) is 94.2 cm³/mol. The molecule has 0 aliphatic heterocycles. The predicted octanol–water partition coefficient (Wildman–Crippen LogP) is 5.11. The lowest BCUT2D eigenvalue weighted by Gasteiger charge is -2.11. The van der Waals surface area contributed by atoms with Gasteiger partial charge >= 0.3 is 5.97 Å². The normalized spacial score (nSPS) is 11.1. The Labute approximate surface area is 139 Å². The fourth-order valence-electron chi connectivity index (χ4n) is 2.00. The number of carbonyl (C=O) groups excluding carboxylic acids is 1. The molecule has 2 nitrogen and oxygen atoms in total. The first-order chi connectivity index (χ1) is 10.6. The van der Waals surface area contributed by atoms with Crippen LogP contribution in [0.3, 0.4) is 0 Å². The van der Waals surface area contributed by atoms with E-state index in [1.807, 2.05) is 60.7 Å². The summed E-state index contributed by atoms with van der Waals surface area (Å²) >= 11 is 3.40. The minimum absolute atomic E-state index is 0.332. The fraction of sp³-hybridized carbons (Fsp3) is 0.105. The highest BCUT2D eigenvalue weighted by molar-refractivity contribution is 9.10. The molecule has 0 radical (unpaired) electrons. The molecular formula is C19H17BrO2. The molecule has 2 rings (SSSR count). The van der Waals surface area contributed by atoms with Gasteiger partial charge in [0, 0.05) is 4.47 Å². The summed E-state index contributed by atoms with van der Waals surface area (Å²) < 4.78 is 6.15. The third-order valence-corrected chi connectivity index (χ3v) is 3.65. The van der Waals surface area contributed by atoms with Crippen molar-refractivity contribution >= 4 is 33.5 Å². The number of hydrogen-bond acceptors (Lipinski definition) is 2. The first-order valence-electron chi connectivity index (χ1n) is 7.01. The summed E-state index contributed by atoms with van der Waals surface area (Å²) in [5, 5.41) is 0. The van der Waals surface area contributed by atoms with Crippen molar-refractivity contribution in [3.63, 3.8) is 0 Å². The van der Waals surface area contributed by atoms with Crippen LogP contribution in [0.2, 0.25) is 0 Å². The van der Waals surface area contributed by atoms with Gasteiger partial charge in [0.2, 0.25) is 0 Å². The van der Waals surface area contributed by atoms with E-state index in [2.05, 4.69) is 22.5 Å². The summed E-state index contributed by atoms with van der Waals surface area (Å²) in [7, 11) is 0. The molecule has 0 N–H and O–H groups in total. The van der Waals surface area contributed by atoms with Gasteiger partial charge in [-0.2, -0.15) is 0 Å². The highest BCUT2D eigenvalue weighted by Gasteiger charge is 2.15. The van der Waals surface area contributed by atoms with E-state index >= 15 is 0 Å². The van der Waals surface area contributed by atoms with Crippen LogP contribution in [0, 0.1) is 0 Å². The Morgan fingerprint density at radius 1 is 1.14 bits per heavy atom.